The van der Waals surface area contributed by atoms with Gasteiger partial charge in [-0.3, -0.25) is 19.3 Å². The van der Waals surface area contributed by atoms with Crippen LogP contribution in [0.4, 0.5) is 0 Å². The first kappa shape index (κ1) is 17.8. The summed E-state index contributed by atoms with van der Waals surface area (Å²) in [7, 11) is 2.98. The van der Waals surface area contributed by atoms with E-state index in [0.29, 0.717) is 6.54 Å². The van der Waals surface area contributed by atoms with Crippen molar-refractivity contribution in [3.8, 4) is 0 Å². The molecule has 120 valence electrons. The number of Topliss-reactive ketones (excluding diaryl/α,β-unsaturated/α-hetero) is 1. The van der Waals surface area contributed by atoms with Crippen molar-refractivity contribution in [2.45, 2.75) is 13.5 Å². The Balaban J connectivity index is 2.73. The summed E-state index contributed by atoms with van der Waals surface area (Å²) < 4.78 is 4.64. The number of rotatable bonds is 8. The Labute approximate surface area is 130 Å². The smallest absolute Gasteiger partial charge is 0.325 e. The van der Waals surface area contributed by atoms with Gasteiger partial charge in [0.05, 0.1) is 20.2 Å². The van der Waals surface area contributed by atoms with Crippen molar-refractivity contribution in [1.82, 2.24) is 9.80 Å². The fourth-order valence-corrected chi connectivity index (χ4v) is 2.02. The van der Waals surface area contributed by atoms with Crippen LogP contribution in [0, 0.1) is 0 Å². The van der Waals surface area contributed by atoms with E-state index in [0.717, 1.165) is 5.56 Å². The topological polar surface area (TPSA) is 66.9 Å². The zero-order valence-corrected chi connectivity index (χ0v) is 13.2. The fourth-order valence-electron chi connectivity index (χ4n) is 2.02. The Kier molecular flexibility index (Phi) is 7.25. The molecule has 0 N–H and O–H groups in total. The molecule has 0 radical (unpaired) electrons. The summed E-state index contributed by atoms with van der Waals surface area (Å²) in [5.41, 5.74) is 0.925. The number of amides is 1. The van der Waals surface area contributed by atoms with Crippen molar-refractivity contribution in [2.24, 2.45) is 0 Å². The molecule has 1 aromatic carbocycles. The third-order valence-electron chi connectivity index (χ3n) is 3.01. The average molecular weight is 306 g/mol. The minimum absolute atomic E-state index is 0.0159. The van der Waals surface area contributed by atoms with Crippen LogP contribution in [-0.4, -0.2) is 61.3 Å². The van der Waals surface area contributed by atoms with E-state index in [1.165, 1.54) is 18.9 Å². The molecule has 0 saturated carbocycles. The zero-order chi connectivity index (χ0) is 16.5. The van der Waals surface area contributed by atoms with Crippen LogP contribution in [0.5, 0.6) is 0 Å². The normalized spacial score (nSPS) is 10.4. The van der Waals surface area contributed by atoms with Crippen molar-refractivity contribution in [3.05, 3.63) is 35.9 Å². The first-order valence-corrected chi connectivity index (χ1v) is 6.99. The molecule has 0 fully saturated rings. The highest BCUT2D eigenvalue weighted by Crippen LogP contribution is 2.05. The second-order valence-corrected chi connectivity index (χ2v) is 5.19. The summed E-state index contributed by atoms with van der Waals surface area (Å²) >= 11 is 0. The average Bonchev–Trinajstić information content (AvgIpc) is 2.46. The van der Waals surface area contributed by atoms with Gasteiger partial charge in [0, 0.05) is 6.54 Å². The number of methoxy groups -OCH3 is 1. The maximum absolute atomic E-state index is 12.4. The van der Waals surface area contributed by atoms with Gasteiger partial charge < -0.3 is 9.64 Å². The van der Waals surface area contributed by atoms with Gasteiger partial charge in [0.15, 0.2) is 0 Å². The molecule has 0 aliphatic carbocycles. The summed E-state index contributed by atoms with van der Waals surface area (Å²) in [6.07, 6.45) is 0. The number of ether oxygens (including phenoxy) is 1. The van der Waals surface area contributed by atoms with E-state index < -0.39 is 5.97 Å². The third-order valence-corrected chi connectivity index (χ3v) is 3.01. The minimum atomic E-state index is -0.474. The number of ketones is 1. The van der Waals surface area contributed by atoms with Gasteiger partial charge in [0.2, 0.25) is 5.91 Å². The molecule has 0 aromatic heterocycles. The number of carbonyl (C=O) groups excluding carboxylic acids is 3. The molecule has 0 aliphatic rings. The van der Waals surface area contributed by atoms with Gasteiger partial charge in [-0.2, -0.15) is 0 Å². The predicted octanol–water partition coefficient (Wildman–Crippen LogP) is 0.709. The lowest BCUT2D eigenvalue weighted by atomic mass is 10.2. The molecule has 0 aliphatic heterocycles. The van der Waals surface area contributed by atoms with Crippen LogP contribution in [0.1, 0.15) is 12.5 Å². The van der Waals surface area contributed by atoms with Gasteiger partial charge in [0.1, 0.15) is 12.3 Å². The van der Waals surface area contributed by atoms with E-state index in [1.807, 2.05) is 30.3 Å². The monoisotopic (exact) mass is 306 g/mol. The number of hydrogen-bond donors (Lipinski definition) is 0. The van der Waals surface area contributed by atoms with Gasteiger partial charge in [-0.15, -0.1) is 0 Å². The largest absolute Gasteiger partial charge is 0.468 e. The number of carbonyl (C=O) groups is 3. The Morgan fingerprint density at radius 3 is 2.23 bits per heavy atom. The van der Waals surface area contributed by atoms with Crippen LogP contribution in [0.2, 0.25) is 0 Å². The van der Waals surface area contributed by atoms with E-state index in [4.69, 9.17) is 0 Å². The lowest BCUT2D eigenvalue weighted by Gasteiger charge is -2.24. The molecule has 6 heteroatoms. The Morgan fingerprint density at radius 2 is 1.68 bits per heavy atom. The molecular formula is C16H22N2O4. The summed E-state index contributed by atoms with van der Waals surface area (Å²) in [4.78, 5) is 38.0. The highest BCUT2D eigenvalue weighted by Gasteiger charge is 2.19. The molecule has 1 rings (SSSR count). The molecule has 0 unspecified atom stereocenters. The second-order valence-electron chi connectivity index (χ2n) is 5.19. The number of esters is 1. The van der Waals surface area contributed by atoms with Crippen LogP contribution in [0.15, 0.2) is 30.3 Å². The molecule has 0 atom stereocenters. The van der Waals surface area contributed by atoms with Crippen molar-refractivity contribution in [1.29, 1.82) is 0 Å². The standard InChI is InChI=1S/C16H22N2O4/c1-13(19)9-17(2)11-15(20)18(12-16(21)22-3)10-14-7-5-4-6-8-14/h4-8H,9-12H2,1-3H3. The molecule has 6 nitrogen and oxygen atoms in total. The summed E-state index contributed by atoms with van der Waals surface area (Å²) in [5.74, 6) is -0.714. The molecule has 0 heterocycles. The predicted molar refractivity (Wildman–Crippen MR) is 82.1 cm³/mol. The van der Waals surface area contributed by atoms with Gasteiger partial charge in [0.25, 0.3) is 0 Å². The Hall–Kier alpha value is -2.21. The van der Waals surface area contributed by atoms with Gasteiger partial charge in [-0.05, 0) is 19.5 Å². The first-order chi connectivity index (χ1) is 10.4. The number of nitrogens with zero attached hydrogens (tertiary/aromatic N) is 2. The summed E-state index contributed by atoms with van der Waals surface area (Å²) in [6.45, 7) is 1.95. The SMILES string of the molecule is COC(=O)CN(Cc1ccccc1)C(=O)CN(C)CC(C)=O. The van der Waals surface area contributed by atoms with Crippen molar-refractivity contribution in [2.75, 3.05) is 33.8 Å². The van der Waals surface area contributed by atoms with E-state index in [1.54, 1.807) is 11.9 Å². The molecule has 0 saturated heterocycles. The molecular weight excluding hydrogens is 284 g/mol. The first-order valence-electron chi connectivity index (χ1n) is 6.99. The van der Waals surface area contributed by atoms with Gasteiger partial charge >= 0.3 is 5.97 Å². The zero-order valence-electron chi connectivity index (χ0n) is 13.2. The lowest BCUT2D eigenvalue weighted by molar-refractivity contribution is -0.147. The minimum Gasteiger partial charge on any atom is -0.468 e. The maximum atomic E-state index is 12.4. The second kappa shape index (κ2) is 8.94. The molecule has 0 spiro atoms. The van der Waals surface area contributed by atoms with Crippen LogP contribution in [0.25, 0.3) is 0 Å². The number of hydrogen-bond acceptors (Lipinski definition) is 5. The molecule has 22 heavy (non-hydrogen) atoms. The van der Waals surface area contributed by atoms with E-state index >= 15 is 0 Å². The van der Waals surface area contributed by atoms with E-state index in [9.17, 15) is 14.4 Å². The third kappa shape index (κ3) is 6.49. The quantitative estimate of drug-likeness (QED) is 0.662. The highest BCUT2D eigenvalue weighted by atomic mass is 16.5. The van der Waals surface area contributed by atoms with Crippen molar-refractivity contribution >= 4 is 17.7 Å². The fraction of sp³-hybridized carbons (Fsp3) is 0.438. The van der Waals surface area contributed by atoms with Crippen molar-refractivity contribution in [3.63, 3.8) is 0 Å². The molecule has 0 bridgehead atoms. The maximum Gasteiger partial charge on any atom is 0.325 e. The van der Waals surface area contributed by atoms with E-state index in [2.05, 4.69) is 4.74 Å². The van der Waals surface area contributed by atoms with Crippen molar-refractivity contribution < 1.29 is 19.1 Å². The van der Waals surface area contributed by atoms with Gasteiger partial charge in [-0.25, -0.2) is 0 Å². The van der Waals surface area contributed by atoms with Crippen LogP contribution < -0.4 is 0 Å². The molecule has 1 amide bonds. The van der Waals surface area contributed by atoms with E-state index in [-0.39, 0.29) is 31.3 Å². The van der Waals surface area contributed by atoms with Crippen LogP contribution in [-0.2, 0) is 25.7 Å². The van der Waals surface area contributed by atoms with Crippen LogP contribution >= 0.6 is 0 Å². The Morgan fingerprint density at radius 1 is 1.05 bits per heavy atom. The number of likely N-dealkylation sites (N-methyl/N-ethyl adjacent to an activating group) is 1. The molecule has 1 aromatic rings. The number of benzene rings is 1. The summed E-state index contributed by atoms with van der Waals surface area (Å²) in [6, 6.07) is 9.40. The van der Waals surface area contributed by atoms with Crippen LogP contribution in [0.3, 0.4) is 0 Å². The highest BCUT2D eigenvalue weighted by molar-refractivity contribution is 5.84. The summed E-state index contributed by atoms with van der Waals surface area (Å²) in [5, 5.41) is 0. The lowest BCUT2D eigenvalue weighted by Crippen LogP contribution is -2.42. The van der Waals surface area contributed by atoms with Gasteiger partial charge in [-0.1, -0.05) is 30.3 Å². The Bertz CT molecular complexity index is 516.